The molecule has 0 aliphatic heterocycles. The molecule has 0 aliphatic rings. The van der Waals surface area contributed by atoms with E-state index in [2.05, 4.69) is 4.98 Å². The fraction of sp³-hybridized carbons (Fsp3) is 0.257. The Labute approximate surface area is 261 Å². The molecular weight excluding hydrogens is 578 g/mol. The van der Waals surface area contributed by atoms with Gasteiger partial charge in [0.05, 0.1) is 17.6 Å². The molecule has 0 spiro atoms. The number of amides is 1. The van der Waals surface area contributed by atoms with E-state index in [1.165, 1.54) is 12.1 Å². The first-order valence-corrected chi connectivity index (χ1v) is 14.4. The summed E-state index contributed by atoms with van der Waals surface area (Å²) in [5.74, 6) is 2.03. The molecule has 2 N–H and O–H groups in total. The lowest BCUT2D eigenvalue weighted by Crippen LogP contribution is -2.45. The van der Waals surface area contributed by atoms with Crippen molar-refractivity contribution < 1.29 is 27.8 Å². The molecule has 1 amide bonds. The first kappa shape index (κ1) is 31.3. The second-order valence-electron chi connectivity index (χ2n) is 11.9. The normalized spacial score (nSPS) is 11.5. The molecule has 0 radical (unpaired) electrons. The van der Waals surface area contributed by atoms with Gasteiger partial charge in [0.15, 0.2) is 6.61 Å². The van der Waals surface area contributed by atoms with E-state index in [1.54, 1.807) is 67.3 Å². The van der Waals surface area contributed by atoms with E-state index in [-0.39, 0.29) is 24.8 Å². The van der Waals surface area contributed by atoms with Crippen LogP contribution < -0.4 is 15.2 Å². The van der Waals surface area contributed by atoms with E-state index in [1.807, 2.05) is 44.5 Å². The number of halogens is 2. The number of nitrogens with two attached hydrogens (primary N) is 1. The van der Waals surface area contributed by atoms with E-state index in [9.17, 15) is 13.6 Å². The third-order valence-corrected chi connectivity index (χ3v) is 7.47. The topological polar surface area (TPSA) is 91.8 Å². The monoisotopic (exact) mass is 614 g/mol. The predicted octanol–water partition coefficient (Wildman–Crippen LogP) is 8.57. The van der Waals surface area contributed by atoms with Crippen LogP contribution in [0.4, 0.5) is 19.3 Å². The van der Waals surface area contributed by atoms with Gasteiger partial charge in [-0.1, -0.05) is 0 Å². The number of imidazole rings is 1. The van der Waals surface area contributed by atoms with Gasteiger partial charge in [0.2, 0.25) is 0 Å². The Morgan fingerprint density at radius 2 is 1.38 bits per heavy atom. The molecule has 5 rings (SSSR count). The number of benzene rings is 4. The van der Waals surface area contributed by atoms with E-state index in [4.69, 9.17) is 19.9 Å². The fourth-order valence-electron chi connectivity index (χ4n) is 4.78. The third kappa shape index (κ3) is 7.17. The van der Waals surface area contributed by atoms with Crippen LogP contribution in [-0.2, 0) is 24.9 Å². The molecule has 5 aromatic rings. The summed E-state index contributed by atoms with van der Waals surface area (Å²) >= 11 is 0. The number of rotatable bonds is 8. The molecule has 1 heterocycles. The predicted molar refractivity (Wildman–Crippen MR) is 169 cm³/mol. The number of fused-ring (bicyclic) bond motifs is 1. The number of aromatic nitrogens is 2. The summed E-state index contributed by atoms with van der Waals surface area (Å²) in [6.45, 7) is 9.17. The standard InChI is InChI=1S/C35H36F2N4O4/c1-21-15-24(7-11-28(21)36)44-26-9-13-30(38)23(17-26)19-41(35(3,4)5)34(42)43-20-33-39-31-14-10-27(18-32(31)40(33)6)45-25-8-12-29(37)22(2)16-25/h7-18H,19-20,38H2,1-6H3. The van der Waals surface area contributed by atoms with Crippen molar-refractivity contribution in [1.29, 1.82) is 0 Å². The molecule has 1 aromatic heterocycles. The second kappa shape index (κ2) is 12.5. The van der Waals surface area contributed by atoms with E-state index >= 15 is 0 Å². The highest BCUT2D eigenvalue weighted by Gasteiger charge is 2.29. The first-order valence-electron chi connectivity index (χ1n) is 14.4. The van der Waals surface area contributed by atoms with Crippen LogP contribution in [0.3, 0.4) is 0 Å². The maximum atomic E-state index is 13.7. The average molecular weight is 615 g/mol. The quantitative estimate of drug-likeness (QED) is 0.176. The van der Waals surface area contributed by atoms with Gasteiger partial charge in [0.1, 0.15) is 40.5 Å². The van der Waals surface area contributed by atoms with Crippen molar-refractivity contribution in [3.05, 3.63) is 107 Å². The van der Waals surface area contributed by atoms with Crippen LogP contribution >= 0.6 is 0 Å². The summed E-state index contributed by atoms with van der Waals surface area (Å²) in [6.07, 6.45) is -0.537. The highest BCUT2D eigenvalue weighted by atomic mass is 19.1. The Morgan fingerprint density at radius 1 is 0.844 bits per heavy atom. The summed E-state index contributed by atoms with van der Waals surface area (Å²) in [5.41, 5.74) is 9.31. The largest absolute Gasteiger partial charge is 0.457 e. The molecule has 0 saturated heterocycles. The zero-order valence-electron chi connectivity index (χ0n) is 26.2. The second-order valence-corrected chi connectivity index (χ2v) is 11.9. The molecule has 4 aromatic carbocycles. The van der Waals surface area contributed by atoms with Gasteiger partial charge in [0.25, 0.3) is 0 Å². The molecule has 45 heavy (non-hydrogen) atoms. The van der Waals surface area contributed by atoms with Crippen molar-refractivity contribution in [3.63, 3.8) is 0 Å². The zero-order chi connectivity index (χ0) is 32.5. The summed E-state index contributed by atoms with van der Waals surface area (Å²) < 4.78 is 46.8. The van der Waals surface area contributed by atoms with E-state index < -0.39 is 11.6 Å². The molecule has 10 heteroatoms. The molecule has 0 saturated carbocycles. The van der Waals surface area contributed by atoms with Gasteiger partial charge in [-0.15, -0.1) is 0 Å². The molecule has 0 bridgehead atoms. The number of carbonyl (C=O) groups excluding carboxylic acids is 1. The Kier molecular flexibility index (Phi) is 8.68. The number of aryl methyl sites for hydroxylation is 3. The van der Waals surface area contributed by atoms with Crippen molar-refractivity contribution in [1.82, 2.24) is 14.5 Å². The first-order chi connectivity index (χ1) is 21.3. The number of nitrogens with zero attached hydrogens (tertiary/aromatic N) is 3. The summed E-state index contributed by atoms with van der Waals surface area (Å²) in [6, 6.07) is 19.7. The number of hydrogen-bond donors (Lipinski definition) is 1. The van der Waals surface area contributed by atoms with Crippen molar-refractivity contribution in [2.75, 3.05) is 5.73 Å². The highest BCUT2D eigenvalue weighted by Crippen LogP contribution is 2.30. The van der Waals surface area contributed by atoms with Gasteiger partial charge in [0, 0.05) is 24.3 Å². The highest BCUT2D eigenvalue weighted by molar-refractivity contribution is 5.78. The molecule has 234 valence electrons. The fourth-order valence-corrected chi connectivity index (χ4v) is 4.78. The summed E-state index contributed by atoms with van der Waals surface area (Å²) in [7, 11) is 1.83. The lowest BCUT2D eigenvalue weighted by Gasteiger charge is -2.35. The minimum Gasteiger partial charge on any atom is -0.457 e. The van der Waals surface area contributed by atoms with Gasteiger partial charge in [-0.2, -0.15) is 0 Å². The maximum Gasteiger partial charge on any atom is 0.410 e. The number of carbonyl (C=O) groups is 1. The summed E-state index contributed by atoms with van der Waals surface area (Å²) in [4.78, 5) is 19.7. The van der Waals surface area contributed by atoms with Crippen LogP contribution in [-0.4, -0.2) is 26.1 Å². The number of anilines is 1. The van der Waals surface area contributed by atoms with Crippen LogP contribution in [0.25, 0.3) is 11.0 Å². The Balaban J connectivity index is 1.30. The Bertz CT molecular complexity index is 1880. The van der Waals surface area contributed by atoms with Crippen LogP contribution in [0.2, 0.25) is 0 Å². The minimum atomic E-state index is -0.605. The van der Waals surface area contributed by atoms with Gasteiger partial charge < -0.3 is 24.5 Å². The van der Waals surface area contributed by atoms with Gasteiger partial charge in [-0.05, 0) is 118 Å². The van der Waals surface area contributed by atoms with Crippen molar-refractivity contribution in [3.8, 4) is 23.0 Å². The van der Waals surface area contributed by atoms with Crippen LogP contribution in [0, 0.1) is 25.5 Å². The van der Waals surface area contributed by atoms with Crippen molar-refractivity contribution in [2.45, 2.75) is 53.3 Å². The van der Waals surface area contributed by atoms with Gasteiger partial charge >= 0.3 is 6.09 Å². The van der Waals surface area contributed by atoms with Crippen LogP contribution in [0.15, 0.2) is 72.8 Å². The molecule has 8 nitrogen and oxygen atoms in total. The van der Waals surface area contributed by atoms with Gasteiger partial charge in [-0.3, -0.25) is 4.90 Å². The molecule has 0 aliphatic carbocycles. The lowest BCUT2D eigenvalue weighted by molar-refractivity contribution is 0.0569. The average Bonchev–Trinajstić information content (AvgIpc) is 3.29. The third-order valence-electron chi connectivity index (χ3n) is 7.47. The number of hydrogen-bond acceptors (Lipinski definition) is 6. The number of ether oxygens (including phenoxy) is 3. The summed E-state index contributed by atoms with van der Waals surface area (Å²) in [5, 5.41) is 0. The zero-order valence-corrected chi connectivity index (χ0v) is 26.2. The Morgan fingerprint density at radius 3 is 1.96 bits per heavy atom. The van der Waals surface area contributed by atoms with Gasteiger partial charge in [-0.25, -0.2) is 18.6 Å². The SMILES string of the molecule is Cc1cc(Oc2ccc(N)c(CN(C(=O)OCc3nc4ccc(Oc5ccc(F)c(C)c5)cc4n3C)C(C)(C)C)c2)ccc1F. The van der Waals surface area contributed by atoms with Crippen molar-refractivity contribution in [2.24, 2.45) is 7.05 Å². The minimum absolute atomic E-state index is 0.0630. The molecular formula is C35H36F2N4O4. The maximum absolute atomic E-state index is 13.7. The number of nitrogen functional groups attached to an aromatic ring is 1. The van der Waals surface area contributed by atoms with E-state index in [0.717, 1.165) is 5.52 Å². The molecule has 0 atom stereocenters. The van der Waals surface area contributed by atoms with Crippen LogP contribution in [0.1, 0.15) is 43.3 Å². The lowest BCUT2D eigenvalue weighted by atomic mass is 10.0. The molecule has 0 fully saturated rings. The smallest absolute Gasteiger partial charge is 0.410 e. The van der Waals surface area contributed by atoms with E-state index in [0.29, 0.717) is 56.7 Å². The molecule has 0 unspecified atom stereocenters. The van der Waals surface area contributed by atoms with Crippen molar-refractivity contribution >= 4 is 22.8 Å². The van der Waals surface area contributed by atoms with Crippen LogP contribution in [0.5, 0.6) is 23.0 Å². The Hall–Kier alpha value is -5.12.